The Morgan fingerprint density at radius 3 is 2.86 bits per heavy atom. The molecule has 0 spiro atoms. The molecule has 3 heterocycles. The third-order valence-electron chi connectivity index (χ3n) is 4.67. The van der Waals surface area contributed by atoms with Gasteiger partial charge in [-0.25, -0.2) is 9.37 Å². The average Bonchev–Trinajstić information content (AvgIpc) is 2.52. The van der Waals surface area contributed by atoms with Gasteiger partial charge in [0.2, 0.25) is 0 Å². The molecular formula is C16H24ClFN4. The smallest absolute Gasteiger partial charge is 0.152 e. The fraction of sp³-hybridized carbons (Fsp3) is 0.688. The number of halogens is 2. The Labute approximate surface area is 136 Å². The van der Waals surface area contributed by atoms with Crippen LogP contribution in [0.4, 0.5) is 10.1 Å². The Kier molecular flexibility index (Phi) is 5.16. The maximum atomic E-state index is 13.3. The third kappa shape index (κ3) is 3.70. The standard InChI is InChI=1S/C16H24ClFN4/c1-12-9-19-4-7-22(12)11-13-8-15(16(17)20-10-13)21-5-2-14(18)3-6-21/h8,10,12,14,19H,2-7,9,11H2,1H3/t12-/m0/s1. The molecule has 0 bridgehead atoms. The summed E-state index contributed by atoms with van der Waals surface area (Å²) in [4.78, 5) is 8.97. The first-order valence-electron chi connectivity index (χ1n) is 8.11. The van der Waals surface area contributed by atoms with Crippen molar-refractivity contribution < 1.29 is 4.39 Å². The summed E-state index contributed by atoms with van der Waals surface area (Å²) in [6.45, 7) is 7.67. The number of hydrogen-bond acceptors (Lipinski definition) is 4. The van der Waals surface area contributed by atoms with Crippen LogP contribution >= 0.6 is 11.6 Å². The van der Waals surface area contributed by atoms with Crippen LogP contribution in [-0.2, 0) is 6.54 Å². The van der Waals surface area contributed by atoms with Gasteiger partial charge in [-0.2, -0.15) is 0 Å². The lowest BCUT2D eigenvalue weighted by molar-refractivity contribution is 0.165. The van der Waals surface area contributed by atoms with Crippen molar-refractivity contribution in [1.82, 2.24) is 15.2 Å². The minimum atomic E-state index is -0.673. The molecule has 1 N–H and O–H groups in total. The summed E-state index contributed by atoms with van der Waals surface area (Å²) in [7, 11) is 0. The molecule has 0 radical (unpaired) electrons. The number of piperidine rings is 1. The average molecular weight is 327 g/mol. The van der Waals surface area contributed by atoms with Crippen molar-refractivity contribution in [3.8, 4) is 0 Å². The molecule has 0 aromatic carbocycles. The maximum absolute atomic E-state index is 13.3. The van der Waals surface area contributed by atoms with Gasteiger partial charge >= 0.3 is 0 Å². The van der Waals surface area contributed by atoms with Gasteiger partial charge in [-0.15, -0.1) is 0 Å². The van der Waals surface area contributed by atoms with Crippen LogP contribution in [-0.4, -0.2) is 54.8 Å². The molecule has 0 unspecified atom stereocenters. The van der Waals surface area contributed by atoms with E-state index < -0.39 is 6.17 Å². The van der Waals surface area contributed by atoms with Gasteiger partial charge in [0.15, 0.2) is 5.15 Å². The molecule has 2 fully saturated rings. The number of alkyl halides is 1. The number of nitrogens with zero attached hydrogens (tertiary/aromatic N) is 3. The van der Waals surface area contributed by atoms with Gasteiger partial charge in [0.1, 0.15) is 6.17 Å². The van der Waals surface area contributed by atoms with Crippen LogP contribution in [0.15, 0.2) is 12.3 Å². The molecule has 1 aromatic heterocycles. The van der Waals surface area contributed by atoms with Crippen molar-refractivity contribution in [1.29, 1.82) is 0 Å². The molecule has 2 aliphatic heterocycles. The molecule has 2 saturated heterocycles. The Balaban J connectivity index is 1.72. The maximum Gasteiger partial charge on any atom is 0.152 e. The Bertz CT molecular complexity index is 505. The van der Waals surface area contributed by atoms with E-state index in [1.165, 1.54) is 5.56 Å². The van der Waals surface area contributed by atoms with E-state index in [0.717, 1.165) is 45.0 Å². The highest BCUT2D eigenvalue weighted by Gasteiger charge is 2.22. The predicted octanol–water partition coefficient (Wildman–Crippen LogP) is 2.47. The zero-order valence-corrected chi connectivity index (χ0v) is 13.8. The van der Waals surface area contributed by atoms with Gasteiger partial charge in [0.05, 0.1) is 5.69 Å². The van der Waals surface area contributed by atoms with Gasteiger partial charge < -0.3 is 10.2 Å². The quantitative estimate of drug-likeness (QED) is 0.865. The highest BCUT2D eigenvalue weighted by molar-refractivity contribution is 6.32. The molecule has 0 amide bonds. The highest BCUT2D eigenvalue weighted by atomic mass is 35.5. The molecule has 1 atom stereocenters. The molecule has 1 aromatic rings. The van der Waals surface area contributed by atoms with Crippen LogP contribution in [0, 0.1) is 0 Å². The molecule has 22 heavy (non-hydrogen) atoms. The topological polar surface area (TPSA) is 31.4 Å². The summed E-state index contributed by atoms with van der Waals surface area (Å²) < 4.78 is 13.3. The first-order valence-corrected chi connectivity index (χ1v) is 8.49. The fourth-order valence-electron chi connectivity index (χ4n) is 3.23. The summed E-state index contributed by atoms with van der Waals surface area (Å²) in [6.07, 6.45) is 2.35. The van der Waals surface area contributed by atoms with Crippen molar-refractivity contribution in [2.24, 2.45) is 0 Å². The minimum Gasteiger partial charge on any atom is -0.369 e. The van der Waals surface area contributed by atoms with Gasteiger partial charge in [0, 0.05) is 51.5 Å². The normalized spacial score (nSPS) is 24.7. The SMILES string of the molecule is C[C@H]1CNCCN1Cc1cnc(Cl)c(N2CCC(F)CC2)c1. The van der Waals surface area contributed by atoms with Crippen LogP contribution in [0.1, 0.15) is 25.3 Å². The van der Waals surface area contributed by atoms with Crippen LogP contribution in [0.5, 0.6) is 0 Å². The van der Waals surface area contributed by atoms with E-state index in [1.54, 1.807) is 0 Å². The molecule has 2 aliphatic rings. The number of pyridine rings is 1. The number of piperazine rings is 1. The first kappa shape index (κ1) is 16.0. The van der Waals surface area contributed by atoms with E-state index in [1.807, 2.05) is 6.20 Å². The van der Waals surface area contributed by atoms with Crippen molar-refractivity contribution >= 4 is 17.3 Å². The summed E-state index contributed by atoms with van der Waals surface area (Å²) >= 11 is 6.27. The van der Waals surface area contributed by atoms with Gasteiger partial charge in [0.25, 0.3) is 0 Å². The monoisotopic (exact) mass is 326 g/mol. The zero-order valence-electron chi connectivity index (χ0n) is 13.1. The molecule has 0 saturated carbocycles. The number of nitrogens with one attached hydrogen (secondary N) is 1. The molecule has 4 nitrogen and oxygen atoms in total. The lowest BCUT2D eigenvalue weighted by atomic mass is 10.1. The van der Waals surface area contributed by atoms with E-state index in [-0.39, 0.29) is 0 Å². The number of hydrogen-bond donors (Lipinski definition) is 1. The van der Waals surface area contributed by atoms with Crippen molar-refractivity contribution in [2.75, 3.05) is 37.6 Å². The Morgan fingerprint density at radius 2 is 2.14 bits per heavy atom. The van der Waals surface area contributed by atoms with Gasteiger partial charge in [-0.05, 0) is 31.4 Å². The zero-order chi connectivity index (χ0) is 15.5. The Hall–Kier alpha value is -0.910. The van der Waals surface area contributed by atoms with E-state index in [9.17, 15) is 4.39 Å². The van der Waals surface area contributed by atoms with E-state index >= 15 is 0 Å². The molecule has 0 aliphatic carbocycles. The van der Waals surface area contributed by atoms with Crippen LogP contribution in [0.3, 0.4) is 0 Å². The first-order chi connectivity index (χ1) is 10.6. The predicted molar refractivity (Wildman–Crippen MR) is 88.3 cm³/mol. The second-order valence-corrected chi connectivity index (χ2v) is 6.70. The summed E-state index contributed by atoms with van der Waals surface area (Å²) in [5.74, 6) is 0. The van der Waals surface area contributed by atoms with Crippen LogP contribution in [0.2, 0.25) is 5.15 Å². The van der Waals surface area contributed by atoms with Crippen LogP contribution < -0.4 is 10.2 Å². The second kappa shape index (κ2) is 7.11. The minimum absolute atomic E-state index is 0.523. The fourth-order valence-corrected chi connectivity index (χ4v) is 3.45. The van der Waals surface area contributed by atoms with E-state index in [0.29, 0.717) is 24.0 Å². The largest absolute Gasteiger partial charge is 0.369 e. The van der Waals surface area contributed by atoms with E-state index in [2.05, 4.69) is 33.1 Å². The summed E-state index contributed by atoms with van der Waals surface area (Å²) in [5.41, 5.74) is 2.13. The third-order valence-corrected chi connectivity index (χ3v) is 4.96. The second-order valence-electron chi connectivity index (χ2n) is 6.34. The number of anilines is 1. The molecular weight excluding hydrogens is 303 g/mol. The van der Waals surface area contributed by atoms with Gasteiger partial charge in [-0.3, -0.25) is 4.90 Å². The summed E-state index contributed by atoms with van der Waals surface area (Å²) in [6, 6.07) is 2.65. The number of rotatable bonds is 3. The van der Waals surface area contributed by atoms with E-state index in [4.69, 9.17) is 11.6 Å². The van der Waals surface area contributed by atoms with Crippen molar-refractivity contribution in [3.05, 3.63) is 23.0 Å². The number of aromatic nitrogens is 1. The van der Waals surface area contributed by atoms with Gasteiger partial charge in [-0.1, -0.05) is 11.6 Å². The lowest BCUT2D eigenvalue weighted by Crippen LogP contribution is -2.49. The summed E-state index contributed by atoms with van der Waals surface area (Å²) in [5, 5.41) is 3.93. The van der Waals surface area contributed by atoms with Crippen LogP contribution in [0.25, 0.3) is 0 Å². The molecule has 122 valence electrons. The lowest BCUT2D eigenvalue weighted by Gasteiger charge is -2.34. The van der Waals surface area contributed by atoms with Crippen molar-refractivity contribution in [2.45, 2.75) is 38.5 Å². The van der Waals surface area contributed by atoms with Crippen molar-refractivity contribution in [3.63, 3.8) is 0 Å². The Morgan fingerprint density at radius 1 is 1.36 bits per heavy atom. The molecule has 3 rings (SSSR count). The molecule has 6 heteroatoms. The highest BCUT2D eigenvalue weighted by Crippen LogP contribution is 2.28.